The van der Waals surface area contributed by atoms with E-state index < -0.39 is 21.5 Å². The monoisotopic (exact) mass is 311 g/mol. The van der Waals surface area contributed by atoms with Crippen LogP contribution in [0.15, 0.2) is 23.1 Å². The molecule has 1 aromatic carbocycles. The zero-order chi connectivity index (χ0) is 15.7. The molecule has 0 saturated heterocycles. The molecule has 0 atom stereocenters. The van der Waals surface area contributed by atoms with Crippen molar-refractivity contribution in [3.63, 3.8) is 0 Å². The molecule has 1 aromatic rings. The lowest BCUT2D eigenvalue weighted by Crippen LogP contribution is -2.47. The molecule has 5 nitrogen and oxygen atoms in total. The van der Waals surface area contributed by atoms with Gasteiger partial charge in [0.25, 0.3) is 0 Å². The van der Waals surface area contributed by atoms with Gasteiger partial charge in [0, 0.05) is 5.54 Å². The summed E-state index contributed by atoms with van der Waals surface area (Å²) in [7, 11) is -3.71. The highest BCUT2D eigenvalue weighted by molar-refractivity contribution is 7.89. The van der Waals surface area contributed by atoms with E-state index in [4.69, 9.17) is 5.11 Å². The van der Waals surface area contributed by atoms with Gasteiger partial charge in [-0.3, -0.25) is 4.79 Å². The summed E-state index contributed by atoms with van der Waals surface area (Å²) >= 11 is 0. The number of carboxylic acid groups (broad SMARTS) is 1. The first kappa shape index (κ1) is 16.0. The molecule has 0 aliphatic heterocycles. The van der Waals surface area contributed by atoms with Crippen LogP contribution in [0.3, 0.4) is 0 Å². The molecule has 2 N–H and O–H groups in total. The number of hydrogen-bond donors (Lipinski definition) is 2. The third-order valence-corrected chi connectivity index (χ3v) is 5.46. The molecule has 21 heavy (non-hydrogen) atoms. The van der Waals surface area contributed by atoms with Crippen molar-refractivity contribution in [3.8, 4) is 0 Å². The largest absolute Gasteiger partial charge is 0.481 e. The van der Waals surface area contributed by atoms with E-state index in [0.29, 0.717) is 12.8 Å². The lowest BCUT2D eigenvalue weighted by molar-refractivity contribution is -0.138. The summed E-state index contributed by atoms with van der Waals surface area (Å²) in [5, 5.41) is 9.06. The Bertz CT molecular complexity index is 625. The Kier molecular flexibility index (Phi) is 4.39. The van der Waals surface area contributed by atoms with Crippen LogP contribution in [-0.2, 0) is 14.8 Å². The highest BCUT2D eigenvalue weighted by atomic mass is 32.2. The van der Waals surface area contributed by atoms with E-state index in [-0.39, 0.29) is 11.3 Å². The smallest absolute Gasteiger partial charge is 0.305 e. The minimum Gasteiger partial charge on any atom is -0.481 e. The number of carbonyl (C=O) groups is 1. The molecule has 1 fully saturated rings. The SMILES string of the molecule is Cc1cc(C)cc(S(=O)(=O)NC2(CC(=O)O)CCCC2)c1. The van der Waals surface area contributed by atoms with Crippen molar-refractivity contribution in [2.24, 2.45) is 0 Å². The Balaban J connectivity index is 2.32. The van der Waals surface area contributed by atoms with Crippen molar-refractivity contribution >= 4 is 16.0 Å². The maximum absolute atomic E-state index is 12.6. The first-order valence-corrected chi connectivity index (χ1v) is 8.55. The van der Waals surface area contributed by atoms with Gasteiger partial charge >= 0.3 is 5.97 Å². The van der Waals surface area contributed by atoms with Crippen molar-refractivity contribution in [3.05, 3.63) is 29.3 Å². The second-order valence-corrected chi connectivity index (χ2v) is 7.67. The quantitative estimate of drug-likeness (QED) is 0.874. The molecule has 0 spiro atoms. The fourth-order valence-corrected chi connectivity index (χ4v) is 4.73. The number of sulfonamides is 1. The molecule has 2 rings (SSSR count). The molecule has 0 aromatic heterocycles. The Labute approximate surface area is 125 Å². The number of rotatable bonds is 5. The van der Waals surface area contributed by atoms with E-state index >= 15 is 0 Å². The van der Waals surface area contributed by atoms with E-state index in [2.05, 4.69) is 4.72 Å². The molecule has 1 saturated carbocycles. The van der Waals surface area contributed by atoms with Crippen molar-refractivity contribution in [2.75, 3.05) is 0 Å². The van der Waals surface area contributed by atoms with Gasteiger partial charge in [-0.2, -0.15) is 0 Å². The second-order valence-electron chi connectivity index (χ2n) is 5.99. The minimum absolute atomic E-state index is 0.170. The molecular formula is C15H21NO4S. The summed E-state index contributed by atoms with van der Waals surface area (Å²) in [5.41, 5.74) is 0.894. The van der Waals surface area contributed by atoms with E-state index in [9.17, 15) is 13.2 Å². The molecular weight excluding hydrogens is 290 g/mol. The summed E-state index contributed by atoms with van der Waals surface area (Å²) < 4.78 is 27.8. The van der Waals surface area contributed by atoms with Crippen molar-refractivity contribution in [1.82, 2.24) is 4.72 Å². The predicted octanol–water partition coefficient (Wildman–Crippen LogP) is 2.37. The normalized spacial score (nSPS) is 17.8. The van der Waals surface area contributed by atoms with Gasteiger partial charge in [-0.25, -0.2) is 13.1 Å². The van der Waals surface area contributed by atoms with Gasteiger partial charge in [-0.1, -0.05) is 18.9 Å². The molecule has 0 heterocycles. The molecule has 116 valence electrons. The molecule has 0 bridgehead atoms. The van der Waals surface area contributed by atoms with Gasteiger partial charge in [-0.15, -0.1) is 0 Å². The summed E-state index contributed by atoms with van der Waals surface area (Å²) in [4.78, 5) is 11.3. The van der Waals surface area contributed by atoms with Crippen LogP contribution in [0.25, 0.3) is 0 Å². The topological polar surface area (TPSA) is 83.5 Å². The van der Waals surface area contributed by atoms with E-state index in [1.165, 1.54) is 0 Å². The average molecular weight is 311 g/mol. The summed E-state index contributed by atoms with van der Waals surface area (Å²) in [6.45, 7) is 3.68. The number of benzene rings is 1. The van der Waals surface area contributed by atoms with Crippen LogP contribution < -0.4 is 4.72 Å². The summed E-state index contributed by atoms with van der Waals surface area (Å²) in [6.07, 6.45) is 2.68. The van der Waals surface area contributed by atoms with Gasteiger partial charge in [0.1, 0.15) is 0 Å². The van der Waals surface area contributed by atoms with Gasteiger partial charge in [0.05, 0.1) is 11.3 Å². The maximum atomic E-state index is 12.6. The van der Waals surface area contributed by atoms with Crippen LogP contribution in [0.1, 0.15) is 43.2 Å². The van der Waals surface area contributed by atoms with Crippen LogP contribution in [-0.4, -0.2) is 25.0 Å². The van der Waals surface area contributed by atoms with Crippen molar-refractivity contribution in [2.45, 2.75) is 56.4 Å². The minimum atomic E-state index is -3.71. The Hall–Kier alpha value is -1.40. The van der Waals surface area contributed by atoms with E-state index in [1.807, 2.05) is 19.9 Å². The van der Waals surface area contributed by atoms with Crippen molar-refractivity contribution in [1.29, 1.82) is 0 Å². The highest BCUT2D eigenvalue weighted by Crippen LogP contribution is 2.34. The lowest BCUT2D eigenvalue weighted by atomic mass is 9.95. The van der Waals surface area contributed by atoms with Crippen LogP contribution in [0, 0.1) is 13.8 Å². The van der Waals surface area contributed by atoms with Crippen molar-refractivity contribution < 1.29 is 18.3 Å². The fraction of sp³-hybridized carbons (Fsp3) is 0.533. The molecule has 0 radical (unpaired) electrons. The van der Waals surface area contributed by atoms with Gasteiger partial charge in [-0.05, 0) is 49.9 Å². The van der Waals surface area contributed by atoms with Gasteiger partial charge < -0.3 is 5.11 Å². The Morgan fingerprint density at radius 1 is 1.19 bits per heavy atom. The van der Waals surface area contributed by atoms with Gasteiger partial charge in [0.15, 0.2) is 0 Å². The van der Waals surface area contributed by atoms with Gasteiger partial charge in [0.2, 0.25) is 10.0 Å². The summed E-state index contributed by atoms with van der Waals surface area (Å²) in [5.74, 6) is -0.972. The first-order valence-electron chi connectivity index (χ1n) is 7.07. The third-order valence-electron chi connectivity index (χ3n) is 3.91. The number of aryl methyl sites for hydroxylation is 2. The van der Waals surface area contributed by atoms with E-state index in [1.54, 1.807) is 12.1 Å². The highest BCUT2D eigenvalue weighted by Gasteiger charge is 2.39. The molecule has 1 aliphatic rings. The zero-order valence-corrected chi connectivity index (χ0v) is 13.2. The fourth-order valence-electron chi connectivity index (χ4n) is 3.09. The Morgan fingerprint density at radius 3 is 2.19 bits per heavy atom. The van der Waals surface area contributed by atoms with Crippen LogP contribution in [0.5, 0.6) is 0 Å². The number of hydrogen-bond acceptors (Lipinski definition) is 3. The van der Waals surface area contributed by atoms with Crippen LogP contribution >= 0.6 is 0 Å². The lowest BCUT2D eigenvalue weighted by Gasteiger charge is -2.28. The first-order chi connectivity index (χ1) is 9.72. The maximum Gasteiger partial charge on any atom is 0.305 e. The number of nitrogens with one attached hydrogen (secondary N) is 1. The van der Waals surface area contributed by atoms with E-state index in [0.717, 1.165) is 24.0 Å². The zero-order valence-electron chi connectivity index (χ0n) is 12.3. The Morgan fingerprint density at radius 2 is 1.71 bits per heavy atom. The summed E-state index contributed by atoms with van der Waals surface area (Å²) in [6, 6.07) is 5.12. The molecule has 1 aliphatic carbocycles. The molecule has 0 unspecified atom stereocenters. The molecule has 6 heteroatoms. The average Bonchev–Trinajstić information content (AvgIpc) is 2.74. The van der Waals surface area contributed by atoms with Crippen LogP contribution in [0.4, 0.5) is 0 Å². The third kappa shape index (κ3) is 3.83. The number of carboxylic acids is 1. The molecule has 0 amide bonds. The predicted molar refractivity (Wildman–Crippen MR) is 79.7 cm³/mol. The van der Waals surface area contributed by atoms with Crippen LogP contribution in [0.2, 0.25) is 0 Å². The second kappa shape index (κ2) is 5.77. The standard InChI is InChI=1S/C15H21NO4S/c1-11-7-12(2)9-13(8-11)21(19,20)16-15(10-14(17)18)5-3-4-6-15/h7-9,16H,3-6,10H2,1-2H3,(H,17,18). The number of aliphatic carboxylic acids is 1.